The van der Waals surface area contributed by atoms with Crippen molar-refractivity contribution in [3.05, 3.63) is 52.0 Å². The number of benzene rings is 2. The summed E-state index contributed by atoms with van der Waals surface area (Å²) in [6.07, 6.45) is 0. The van der Waals surface area contributed by atoms with E-state index in [9.17, 15) is 8.42 Å². The molecule has 0 aliphatic carbocycles. The van der Waals surface area contributed by atoms with Crippen LogP contribution in [0.1, 0.15) is 11.1 Å². The summed E-state index contributed by atoms with van der Waals surface area (Å²) < 4.78 is 42.0. The predicted octanol–water partition coefficient (Wildman–Crippen LogP) is 3.34. The maximum atomic E-state index is 12.6. The molecule has 24 heavy (non-hydrogen) atoms. The minimum atomic E-state index is -3.34. The van der Waals surface area contributed by atoms with Gasteiger partial charge in [0.05, 0.1) is 18.6 Å². The zero-order valence-electron chi connectivity index (χ0n) is 13.1. The van der Waals surface area contributed by atoms with Crippen molar-refractivity contribution >= 4 is 25.8 Å². The molecule has 0 fully saturated rings. The van der Waals surface area contributed by atoms with Crippen LogP contribution in [0.25, 0.3) is 0 Å². The molecule has 0 N–H and O–H groups in total. The molecule has 0 saturated heterocycles. The van der Waals surface area contributed by atoms with Crippen LogP contribution >= 0.6 is 15.9 Å². The predicted molar refractivity (Wildman–Crippen MR) is 94.5 cm³/mol. The zero-order valence-corrected chi connectivity index (χ0v) is 15.5. The van der Waals surface area contributed by atoms with E-state index >= 15 is 0 Å². The lowest BCUT2D eigenvalue weighted by molar-refractivity contribution is 0.171. The number of halogens is 1. The Labute approximate surface area is 149 Å². The normalized spacial score (nSPS) is 13.6. The molecular weight excluding hydrogens is 396 g/mol. The molecule has 0 bridgehead atoms. The summed E-state index contributed by atoms with van der Waals surface area (Å²) in [7, 11) is -1.79. The van der Waals surface area contributed by atoms with Gasteiger partial charge in [0, 0.05) is 4.47 Å². The monoisotopic (exact) mass is 412 g/mol. The van der Waals surface area contributed by atoms with Crippen molar-refractivity contribution in [3.8, 4) is 17.2 Å². The summed E-state index contributed by atoms with van der Waals surface area (Å²) >= 11 is 3.42. The van der Waals surface area contributed by atoms with Crippen molar-refractivity contribution in [2.24, 2.45) is 0 Å². The molecule has 2 aromatic carbocycles. The van der Waals surface area contributed by atoms with Gasteiger partial charge in [0.15, 0.2) is 21.3 Å². The fourth-order valence-electron chi connectivity index (χ4n) is 2.52. The van der Waals surface area contributed by atoms with Crippen molar-refractivity contribution in [2.45, 2.75) is 11.5 Å². The molecule has 0 atom stereocenters. The van der Waals surface area contributed by atoms with E-state index in [2.05, 4.69) is 15.9 Å². The number of ether oxygens (including phenoxy) is 3. The average Bonchev–Trinajstić information content (AvgIpc) is 2.55. The smallest absolute Gasteiger partial charge is 0.162 e. The number of sulfone groups is 1. The molecule has 3 rings (SSSR count). The molecule has 128 valence electrons. The second-order valence-corrected chi connectivity index (χ2v) is 8.39. The van der Waals surface area contributed by atoms with E-state index in [1.165, 1.54) is 0 Å². The fraction of sp³-hybridized carbons (Fsp3) is 0.294. The minimum Gasteiger partial charge on any atom is -0.497 e. The lowest BCUT2D eigenvalue weighted by Gasteiger charge is -2.20. The number of hydrogen-bond donors (Lipinski definition) is 0. The third kappa shape index (κ3) is 4.02. The van der Waals surface area contributed by atoms with Gasteiger partial charge >= 0.3 is 0 Å². The highest BCUT2D eigenvalue weighted by atomic mass is 79.9. The first kappa shape index (κ1) is 17.1. The Morgan fingerprint density at radius 2 is 1.79 bits per heavy atom. The third-order valence-electron chi connectivity index (χ3n) is 3.61. The molecule has 1 aliphatic heterocycles. The van der Waals surface area contributed by atoms with Crippen molar-refractivity contribution < 1.29 is 22.6 Å². The van der Waals surface area contributed by atoms with Crippen LogP contribution < -0.4 is 14.2 Å². The van der Waals surface area contributed by atoms with Crippen LogP contribution in [0.2, 0.25) is 0 Å². The van der Waals surface area contributed by atoms with E-state index in [0.717, 1.165) is 0 Å². The van der Waals surface area contributed by atoms with E-state index in [-0.39, 0.29) is 11.5 Å². The van der Waals surface area contributed by atoms with Crippen LogP contribution in [-0.4, -0.2) is 28.7 Å². The number of fused-ring (bicyclic) bond motifs is 1. The van der Waals surface area contributed by atoms with Gasteiger partial charge in [0.2, 0.25) is 0 Å². The topological polar surface area (TPSA) is 61.8 Å². The maximum absolute atomic E-state index is 12.6. The van der Waals surface area contributed by atoms with Crippen LogP contribution in [0.5, 0.6) is 17.2 Å². The molecule has 0 saturated carbocycles. The molecule has 2 aromatic rings. The molecule has 0 aromatic heterocycles. The summed E-state index contributed by atoms with van der Waals surface area (Å²) in [5.74, 6) is 1.72. The highest BCUT2D eigenvalue weighted by Crippen LogP contribution is 2.36. The molecule has 0 radical (unpaired) electrons. The maximum Gasteiger partial charge on any atom is 0.162 e. The van der Waals surface area contributed by atoms with E-state index in [4.69, 9.17) is 14.2 Å². The molecule has 0 unspecified atom stereocenters. The van der Waals surface area contributed by atoms with Gasteiger partial charge < -0.3 is 14.2 Å². The third-order valence-corrected chi connectivity index (χ3v) is 5.87. The van der Waals surface area contributed by atoms with Gasteiger partial charge in [-0.05, 0) is 35.4 Å². The van der Waals surface area contributed by atoms with E-state index in [1.807, 2.05) is 0 Å². The number of rotatable bonds is 5. The second kappa shape index (κ2) is 7.03. The van der Waals surface area contributed by atoms with Crippen LogP contribution in [-0.2, 0) is 21.3 Å². The molecule has 1 heterocycles. The Hall–Kier alpha value is -1.73. The summed E-state index contributed by atoms with van der Waals surface area (Å²) in [6, 6.07) is 10.6. The lowest BCUT2D eigenvalue weighted by atomic mass is 10.2. The SMILES string of the molecule is COc1cccc(CS(=O)(=O)Cc2cc3c(cc2Br)OCCO3)c1. The van der Waals surface area contributed by atoms with Crippen molar-refractivity contribution in [2.75, 3.05) is 20.3 Å². The Kier molecular flexibility index (Phi) is 5.01. The Bertz CT molecular complexity index is 848. The van der Waals surface area contributed by atoms with Crippen LogP contribution in [0.4, 0.5) is 0 Å². The van der Waals surface area contributed by atoms with Crippen molar-refractivity contribution in [1.82, 2.24) is 0 Å². The first-order chi connectivity index (χ1) is 11.5. The molecule has 0 amide bonds. The molecule has 1 aliphatic rings. The first-order valence-electron chi connectivity index (χ1n) is 7.38. The number of hydrogen-bond acceptors (Lipinski definition) is 5. The standard InChI is InChI=1S/C17H17BrO5S/c1-21-14-4-2-3-12(7-14)10-24(19,20)11-13-8-16-17(9-15(13)18)23-6-5-22-16/h2-4,7-9H,5-6,10-11H2,1H3. The van der Waals surface area contributed by atoms with Gasteiger partial charge in [-0.15, -0.1) is 0 Å². The van der Waals surface area contributed by atoms with Gasteiger partial charge in [-0.3, -0.25) is 0 Å². The lowest BCUT2D eigenvalue weighted by Crippen LogP contribution is -2.16. The quantitative estimate of drug-likeness (QED) is 0.753. The summed E-state index contributed by atoms with van der Waals surface area (Å²) in [4.78, 5) is 0. The Morgan fingerprint density at radius 1 is 1.08 bits per heavy atom. The van der Waals surface area contributed by atoms with Crippen molar-refractivity contribution in [1.29, 1.82) is 0 Å². The van der Waals surface area contributed by atoms with Gasteiger partial charge in [-0.2, -0.15) is 0 Å². The Balaban J connectivity index is 1.81. The van der Waals surface area contributed by atoms with E-state index in [0.29, 0.717) is 46.1 Å². The Morgan fingerprint density at radius 3 is 2.50 bits per heavy atom. The largest absolute Gasteiger partial charge is 0.497 e. The van der Waals surface area contributed by atoms with Gasteiger partial charge in [0.25, 0.3) is 0 Å². The highest BCUT2D eigenvalue weighted by Gasteiger charge is 2.20. The zero-order chi connectivity index (χ0) is 17.2. The summed E-state index contributed by atoms with van der Waals surface area (Å²) in [5.41, 5.74) is 1.35. The summed E-state index contributed by atoms with van der Waals surface area (Å²) in [6.45, 7) is 0.956. The minimum absolute atomic E-state index is 0.0505. The average molecular weight is 413 g/mol. The van der Waals surface area contributed by atoms with Crippen LogP contribution in [0.15, 0.2) is 40.9 Å². The molecular formula is C17H17BrO5S. The first-order valence-corrected chi connectivity index (χ1v) is 10.00. The van der Waals surface area contributed by atoms with Gasteiger partial charge in [-0.25, -0.2) is 8.42 Å². The second-order valence-electron chi connectivity index (χ2n) is 5.47. The molecule has 5 nitrogen and oxygen atoms in total. The van der Waals surface area contributed by atoms with Crippen LogP contribution in [0, 0.1) is 0 Å². The van der Waals surface area contributed by atoms with E-state index in [1.54, 1.807) is 43.5 Å². The fourth-order valence-corrected chi connectivity index (χ4v) is 4.67. The van der Waals surface area contributed by atoms with E-state index < -0.39 is 9.84 Å². The molecule has 7 heteroatoms. The van der Waals surface area contributed by atoms with Crippen LogP contribution in [0.3, 0.4) is 0 Å². The van der Waals surface area contributed by atoms with Gasteiger partial charge in [-0.1, -0.05) is 28.1 Å². The number of methoxy groups -OCH3 is 1. The van der Waals surface area contributed by atoms with Crippen molar-refractivity contribution in [3.63, 3.8) is 0 Å². The molecule has 0 spiro atoms. The summed E-state index contributed by atoms with van der Waals surface area (Å²) in [5, 5.41) is 0. The van der Waals surface area contributed by atoms with Gasteiger partial charge in [0.1, 0.15) is 19.0 Å². The highest BCUT2D eigenvalue weighted by molar-refractivity contribution is 9.10.